The molecule has 2 atom stereocenters. The Bertz CT molecular complexity index is 514. The molecule has 102 valence electrons. The number of nitrogen functional groups attached to an aromatic ring is 1. The van der Waals surface area contributed by atoms with Gasteiger partial charge in [0, 0.05) is 25.2 Å². The standard InChI is InChI=1S/C14H20N4O/c1-2-9-5-18(7-12(9)19)6-10-3-4-11-13(10)16-8-17-14(11)15/h3,8-9,12,19H,2,4-7H2,1H3,(H2,15,16,17)/t9?,12-/m0/s1. The van der Waals surface area contributed by atoms with Gasteiger partial charge in [-0.3, -0.25) is 4.90 Å². The molecule has 1 aromatic heterocycles. The molecule has 2 heterocycles. The number of nitrogens with zero attached hydrogens (tertiary/aromatic N) is 3. The zero-order valence-corrected chi connectivity index (χ0v) is 11.2. The smallest absolute Gasteiger partial charge is 0.130 e. The molecule has 1 aromatic rings. The minimum absolute atomic E-state index is 0.193. The van der Waals surface area contributed by atoms with E-state index in [9.17, 15) is 5.11 Å². The minimum atomic E-state index is -0.193. The van der Waals surface area contributed by atoms with Crippen LogP contribution in [-0.2, 0) is 6.42 Å². The van der Waals surface area contributed by atoms with Crippen molar-refractivity contribution in [3.8, 4) is 0 Å². The van der Waals surface area contributed by atoms with Crippen molar-refractivity contribution >= 4 is 11.4 Å². The Balaban J connectivity index is 1.72. The number of hydrogen-bond donors (Lipinski definition) is 2. The van der Waals surface area contributed by atoms with Crippen LogP contribution in [0.5, 0.6) is 0 Å². The number of anilines is 1. The third-order valence-corrected chi connectivity index (χ3v) is 4.24. The SMILES string of the molecule is CCC1CN(CC2=CCc3c(N)ncnc32)C[C@@H]1O. The molecule has 1 unspecified atom stereocenters. The van der Waals surface area contributed by atoms with Gasteiger partial charge in [-0.1, -0.05) is 13.0 Å². The van der Waals surface area contributed by atoms with Crippen LogP contribution >= 0.6 is 0 Å². The highest BCUT2D eigenvalue weighted by Gasteiger charge is 2.31. The first kappa shape index (κ1) is 12.6. The lowest BCUT2D eigenvalue weighted by Gasteiger charge is -2.16. The predicted octanol–water partition coefficient (Wildman–Crippen LogP) is 0.701. The van der Waals surface area contributed by atoms with E-state index in [1.54, 1.807) is 0 Å². The van der Waals surface area contributed by atoms with E-state index in [0.717, 1.165) is 43.7 Å². The molecule has 3 N–H and O–H groups in total. The molecule has 1 fully saturated rings. The number of aromatic nitrogens is 2. The van der Waals surface area contributed by atoms with Crippen molar-refractivity contribution in [1.29, 1.82) is 0 Å². The number of hydrogen-bond acceptors (Lipinski definition) is 5. The minimum Gasteiger partial charge on any atom is -0.391 e. The molecule has 0 bridgehead atoms. The fourth-order valence-corrected chi connectivity index (χ4v) is 3.08. The molecular formula is C14H20N4O. The normalized spacial score (nSPS) is 26.5. The fourth-order valence-electron chi connectivity index (χ4n) is 3.08. The zero-order chi connectivity index (χ0) is 13.4. The predicted molar refractivity (Wildman–Crippen MR) is 74.4 cm³/mol. The van der Waals surface area contributed by atoms with Gasteiger partial charge >= 0.3 is 0 Å². The largest absolute Gasteiger partial charge is 0.391 e. The highest BCUT2D eigenvalue weighted by Crippen LogP contribution is 2.30. The lowest BCUT2D eigenvalue weighted by atomic mass is 10.0. The first-order valence-corrected chi connectivity index (χ1v) is 6.88. The summed E-state index contributed by atoms with van der Waals surface area (Å²) in [6.07, 6.45) is 5.37. The Morgan fingerprint density at radius 1 is 1.42 bits per heavy atom. The zero-order valence-electron chi connectivity index (χ0n) is 11.2. The Labute approximate surface area is 113 Å². The van der Waals surface area contributed by atoms with Gasteiger partial charge in [0.2, 0.25) is 0 Å². The van der Waals surface area contributed by atoms with Gasteiger partial charge in [0.15, 0.2) is 0 Å². The number of rotatable bonds is 3. The van der Waals surface area contributed by atoms with Crippen LogP contribution in [-0.4, -0.2) is 45.7 Å². The molecular weight excluding hydrogens is 240 g/mol. The van der Waals surface area contributed by atoms with Crippen LogP contribution in [0.4, 0.5) is 5.82 Å². The summed E-state index contributed by atoms with van der Waals surface area (Å²) in [5.41, 5.74) is 9.12. The number of nitrogens with two attached hydrogens (primary N) is 1. The molecule has 0 spiro atoms. The second-order valence-corrected chi connectivity index (χ2v) is 5.45. The van der Waals surface area contributed by atoms with Crippen molar-refractivity contribution < 1.29 is 5.11 Å². The number of likely N-dealkylation sites (tertiary alicyclic amines) is 1. The first-order chi connectivity index (χ1) is 9.19. The van der Waals surface area contributed by atoms with Gasteiger partial charge < -0.3 is 10.8 Å². The van der Waals surface area contributed by atoms with Crippen molar-refractivity contribution in [1.82, 2.24) is 14.9 Å². The second-order valence-electron chi connectivity index (χ2n) is 5.45. The molecule has 0 aromatic carbocycles. The third-order valence-electron chi connectivity index (χ3n) is 4.24. The van der Waals surface area contributed by atoms with Crippen molar-refractivity contribution in [2.24, 2.45) is 5.92 Å². The Morgan fingerprint density at radius 2 is 2.26 bits per heavy atom. The number of β-amino-alcohol motifs (C(OH)–C–C–N with tert-alkyl or cyclic N) is 1. The van der Waals surface area contributed by atoms with Crippen LogP contribution < -0.4 is 5.73 Å². The molecule has 1 aliphatic carbocycles. The molecule has 5 nitrogen and oxygen atoms in total. The van der Waals surface area contributed by atoms with E-state index in [1.165, 1.54) is 11.9 Å². The van der Waals surface area contributed by atoms with Gasteiger partial charge in [-0.25, -0.2) is 9.97 Å². The van der Waals surface area contributed by atoms with E-state index in [1.807, 2.05) is 0 Å². The summed E-state index contributed by atoms with van der Waals surface area (Å²) >= 11 is 0. The molecule has 0 radical (unpaired) electrons. The first-order valence-electron chi connectivity index (χ1n) is 6.88. The Kier molecular flexibility index (Phi) is 3.24. The highest BCUT2D eigenvalue weighted by atomic mass is 16.3. The van der Waals surface area contributed by atoms with Gasteiger partial charge in [0.05, 0.1) is 11.8 Å². The van der Waals surface area contributed by atoms with E-state index >= 15 is 0 Å². The summed E-state index contributed by atoms with van der Waals surface area (Å²) < 4.78 is 0. The quantitative estimate of drug-likeness (QED) is 0.837. The number of allylic oxidation sites excluding steroid dienone is 1. The van der Waals surface area contributed by atoms with Gasteiger partial charge in [0.25, 0.3) is 0 Å². The lowest BCUT2D eigenvalue weighted by Crippen LogP contribution is -2.24. The van der Waals surface area contributed by atoms with Crippen LogP contribution in [0.3, 0.4) is 0 Å². The summed E-state index contributed by atoms with van der Waals surface area (Å²) in [5.74, 6) is 0.987. The maximum absolute atomic E-state index is 9.97. The van der Waals surface area contributed by atoms with Crippen molar-refractivity contribution in [2.45, 2.75) is 25.9 Å². The lowest BCUT2D eigenvalue weighted by molar-refractivity contribution is 0.141. The van der Waals surface area contributed by atoms with Gasteiger partial charge in [0.1, 0.15) is 12.1 Å². The van der Waals surface area contributed by atoms with E-state index in [2.05, 4.69) is 27.9 Å². The van der Waals surface area contributed by atoms with E-state index in [4.69, 9.17) is 5.73 Å². The molecule has 1 aliphatic heterocycles. The van der Waals surface area contributed by atoms with Crippen LogP contribution in [0.1, 0.15) is 24.6 Å². The molecule has 2 aliphatic rings. The number of fused-ring (bicyclic) bond motifs is 1. The monoisotopic (exact) mass is 260 g/mol. The van der Waals surface area contributed by atoms with Crippen LogP contribution in [0, 0.1) is 5.92 Å². The van der Waals surface area contributed by atoms with E-state index in [0.29, 0.717) is 11.7 Å². The van der Waals surface area contributed by atoms with Gasteiger partial charge in [-0.2, -0.15) is 0 Å². The van der Waals surface area contributed by atoms with Crippen LogP contribution in [0.25, 0.3) is 5.57 Å². The number of aliphatic hydroxyl groups excluding tert-OH is 1. The average molecular weight is 260 g/mol. The fraction of sp³-hybridized carbons (Fsp3) is 0.571. The second kappa shape index (κ2) is 4.90. The summed E-state index contributed by atoms with van der Waals surface area (Å²) in [7, 11) is 0. The van der Waals surface area contributed by atoms with Crippen molar-refractivity contribution in [3.05, 3.63) is 23.7 Å². The molecule has 0 amide bonds. The summed E-state index contributed by atoms with van der Waals surface area (Å²) in [5, 5.41) is 9.97. The topological polar surface area (TPSA) is 75.3 Å². The molecule has 5 heteroatoms. The third kappa shape index (κ3) is 2.24. The Morgan fingerprint density at radius 3 is 3.00 bits per heavy atom. The molecule has 0 saturated carbocycles. The Hall–Kier alpha value is -1.46. The molecule has 1 saturated heterocycles. The van der Waals surface area contributed by atoms with Crippen molar-refractivity contribution in [3.63, 3.8) is 0 Å². The van der Waals surface area contributed by atoms with E-state index < -0.39 is 0 Å². The van der Waals surface area contributed by atoms with Crippen molar-refractivity contribution in [2.75, 3.05) is 25.4 Å². The summed E-state index contributed by atoms with van der Waals surface area (Å²) in [6, 6.07) is 0. The van der Waals surface area contributed by atoms with Gasteiger partial charge in [-0.15, -0.1) is 0 Å². The average Bonchev–Trinajstić information content (AvgIpc) is 2.95. The van der Waals surface area contributed by atoms with Crippen LogP contribution in [0.2, 0.25) is 0 Å². The van der Waals surface area contributed by atoms with Gasteiger partial charge in [-0.05, 0) is 24.3 Å². The molecule has 3 rings (SSSR count). The summed E-state index contributed by atoms with van der Waals surface area (Å²) in [6.45, 7) is 4.70. The van der Waals surface area contributed by atoms with Crippen LogP contribution in [0.15, 0.2) is 12.4 Å². The molecule has 19 heavy (non-hydrogen) atoms. The maximum atomic E-state index is 9.97. The maximum Gasteiger partial charge on any atom is 0.130 e. The summed E-state index contributed by atoms with van der Waals surface area (Å²) in [4.78, 5) is 10.7. The number of aliphatic hydroxyl groups is 1. The highest BCUT2D eigenvalue weighted by molar-refractivity contribution is 5.74. The van der Waals surface area contributed by atoms with E-state index in [-0.39, 0.29) is 6.10 Å².